The van der Waals surface area contributed by atoms with Crippen LogP contribution in [0.1, 0.15) is 15.9 Å². The van der Waals surface area contributed by atoms with Gasteiger partial charge >= 0.3 is 5.97 Å². The minimum atomic E-state index is -0.986. The first kappa shape index (κ1) is 13.4. The van der Waals surface area contributed by atoms with Crippen LogP contribution in [-0.2, 0) is 0 Å². The molecule has 0 aliphatic rings. The summed E-state index contributed by atoms with van der Waals surface area (Å²) in [5.74, 6) is -1.40. The van der Waals surface area contributed by atoms with Crippen molar-refractivity contribution in [1.82, 2.24) is 0 Å². The number of carboxylic acids is 1. The Balaban J connectivity index is 2.02. The standard InChI is InChI=1S/C14H12N2O4/c17-12-6-1-9(7-13(12)18)8-15-16-11-4-2-10(3-5-11)14(19)20/h1-8,16-18H,(H,19,20)/b15-8+. The van der Waals surface area contributed by atoms with Crippen molar-refractivity contribution in [2.24, 2.45) is 5.10 Å². The molecule has 0 aliphatic heterocycles. The van der Waals surface area contributed by atoms with E-state index < -0.39 is 5.97 Å². The Kier molecular flexibility index (Phi) is 3.85. The van der Waals surface area contributed by atoms with Crippen molar-refractivity contribution in [3.8, 4) is 11.5 Å². The molecule has 0 atom stereocenters. The number of hydrazone groups is 1. The minimum Gasteiger partial charge on any atom is -0.504 e. The summed E-state index contributed by atoms with van der Waals surface area (Å²) in [6.07, 6.45) is 1.46. The highest BCUT2D eigenvalue weighted by atomic mass is 16.4. The van der Waals surface area contributed by atoms with Gasteiger partial charge in [0.2, 0.25) is 0 Å². The summed E-state index contributed by atoms with van der Waals surface area (Å²) in [6.45, 7) is 0. The van der Waals surface area contributed by atoms with Crippen molar-refractivity contribution < 1.29 is 20.1 Å². The third-order valence-electron chi connectivity index (χ3n) is 2.54. The fourth-order valence-electron chi connectivity index (χ4n) is 1.49. The number of carbonyl (C=O) groups is 1. The second-order valence-electron chi connectivity index (χ2n) is 4.00. The average Bonchev–Trinajstić information content (AvgIpc) is 2.43. The molecule has 102 valence electrons. The Labute approximate surface area is 114 Å². The van der Waals surface area contributed by atoms with Gasteiger partial charge in [-0.2, -0.15) is 5.10 Å². The second kappa shape index (κ2) is 5.75. The second-order valence-corrected chi connectivity index (χ2v) is 4.00. The number of phenolic OH excluding ortho intramolecular Hbond substituents is 2. The van der Waals surface area contributed by atoms with Crippen molar-refractivity contribution in [1.29, 1.82) is 0 Å². The van der Waals surface area contributed by atoms with Gasteiger partial charge in [0.1, 0.15) is 0 Å². The molecule has 0 amide bonds. The van der Waals surface area contributed by atoms with Gasteiger partial charge in [-0.25, -0.2) is 4.79 Å². The van der Waals surface area contributed by atoms with Crippen LogP contribution in [0.5, 0.6) is 11.5 Å². The van der Waals surface area contributed by atoms with Crippen molar-refractivity contribution >= 4 is 17.9 Å². The summed E-state index contributed by atoms with van der Waals surface area (Å²) in [4.78, 5) is 10.7. The molecule has 2 aromatic carbocycles. The maximum atomic E-state index is 10.7. The van der Waals surface area contributed by atoms with Crippen LogP contribution in [0.3, 0.4) is 0 Å². The summed E-state index contributed by atoms with van der Waals surface area (Å²) >= 11 is 0. The van der Waals surface area contributed by atoms with E-state index in [0.717, 1.165) is 0 Å². The van der Waals surface area contributed by atoms with Gasteiger partial charge in [-0.1, -0.05) is 0 Å². The number of hydrogen-bond donors (Lipinski definition) is 4. The first-order chi connectivity index (χ1) is 9.56. The van der Waals surface area contributed by atoms with E-state index in [1.807, 2.05) is 0 Å². The molecule has 0 heterocycles. The highest BCUT2D eigenvalue weighted by molar-refractivity contribution is 5.88. The topological polar surface area (TPSA) is 102 Å². The first-order valence-electron chi connectivity index (χ1n) is 5.70. The number of anilines is 1. The molecular weight excluding hydrogens is 260 g/mol. The summed E-state index contributed by atoms with van der Waals surface area (Å²) in [5.41, 5.74) is 4.16. The summed E-state index contributed by atoms with van der Waals surface area (Å²) in [5, 5.41) is 31.2. The van der Waals surface area contributed by atoms with Crippen LogP contribution in [0, 0.1) is 0 Å². The monoisotopic (exact) mass is 272 g/mol. The molecule has 0 radical (unpaired) electrons. The fraction of sp³-hybridized carbons (Fsp3) is 0. The van der Waals surface area contributed by atoms with E-state index >= 15 is 0 Å². The predicted molar refractivity (Wildman–Crippen MR) is 74.4 cm³/mol. The number of rotatable bonds is 4. The number of phenols is 2. The Morgan fingerprint density at radius 2 is 1.75 bits per heavy atom. The highest BCUT2D eigenvalue weighted by Crippen LogP contribution is 2.24. The van der Waals surface area contributed by atoms with Crippen LogP contribution >= 0.6 is 0 Å². The number of aromatic carboxylic acids is 1. The lowest BCUT2D eigenvalue weighted by Gasteiger charge is -2.01. The SMILES string of the molecule is O=C(O)c1ccc(N/N=C/c2ccc(O)c(O)c2)cc1. The molecule has 6 nitrogen and oxygen atoms in total. The van der Waals surface area contributed by atoms with Crippen LogP contribution in [-0.4, -0.2) is 27.5 Å². The van der Waals surface area contributed by atoms with Crippen LogP contribution < -0.4 is 5.43 Å². The van der Waals surface area contributed by atoms with Crippen molar-refractivity contribution in [3.63, 3.8) is 0 Å². The lowest BCUT2D eigenvalue weighted by atomic mass is 10.2. The van der Waals surface area contributed by atoms with Crippen LogP contribution in [0.2, 0.25) is 0 Å². The van der Waals surface area contributed by atoms with Gasteiger partial charge < -0.3 is 15.3 Å². The molecule has 2 aromatic rings. The van der Waals surface area contributed by atoms with E-state index in [9.17, 15) is 9.90 Å². The molecule has 0 fully saturated rings. The molecule has 2 rings (SSSR count). The van der Waals surface area contributed by atoms with Gasteiger partial charge in [0.15, 0.2) is 11.5 Å². The Morgan fingerprint density at radius 1 is 1.05 bits per heavy atom. The Morgan fingerprint density at radius 3 is 2.35 bits per heavy atom. The lowest BCUT2D eigenvalue weighted by molar-refractivity contribution is 0.0697. The van der Waals surface area contributed by atoms with E-state index in [2.05, 4.69) is 10.5 Å². The van der Waals surface area contributed by atoms with Gasteiger partial charge in [0.05, 0.1) is 17.5 Å². The highest BCUT2D eigenvalue weighted by Gasteiger charge is 2.01. The normalized spacial score (nSPS) is 10.6. The van der Waals surface area contributed by atoms with Gasteiger partial charge in [-0.15, -0.1) is 0 Å². The summed E-state index contributed by atoms with van der Waals surface area (Å²) < 4.78 is 0. The molecule has 0 saturated carbocycles. The molecule has 0 aromatic heterocycles. The van der Waals surface area contributed by atoms with Gasteiger partial charge in [-0.05, 0) is 48.0 Å². The van der Waals surface area contributed by atoms with Crippen molar-refractivity contribution in [2.45, 2.75) is 0 Å². The molecule has 6 heteroatoms. The molecule has 0 spiro atoms. The number of aromatic hydroxyl groups is 2. The Hall–Kier alpha value is -3.02. The number of nitrogens with one attached hydrogen (secondary N) is 1. The van der Waals surface area contributed by atoms with Gasteiger partial charge in [0.25, 0.3) is 0 Å². The lowest BCUT2D eigenvalue weighted by Crippen LogP contribution is -1.96. The third-order valence-corrected chi connectivity index (χ3v) is 2.54. The number of benzene rings is 2. The summed E-state index contributed by atoms with van der Waals surface area (Å²) in [7, 11) is 0. The first-order valence-corrected chi connectivity index (χ1v) is 5.70. The average molecular weight is 272 g/mol. The van der Waals surface area contributed by atoms with E-state index in [1.54, 1.807) is 18.2 Å². The molecule has 0 unspecified atom stereocenters. The maximum absolute atomic E-state index is 10.7. The zero-order valence-electron chi connectivity index (χ0n) is 10.3. The smallest absolute Gasteiger partial charge is 0.335 e. The fourth-order valence-corrected chi connectivity index (χ4v) is 1.49. The van der Waals surface area contributed by atoms with E-state index in [-0.39, 0.29) is 17.1 Å². The zero-order valence-corrected chi connectivity index (χ0v) is 10.3. The zero-order chi connectivity index (χ0) is 14.5. The third kappa shape index (κ3) is 3.26. The van der Waals surface area contributed by atoms with Gasteiger partial charge in [-0.3, -0.25) is 5.43 Å². The van der Waals surface area contributed by atoms with Crippen molar-refractivity contribution in [3.05, 3.63) is 53.6 Å². The van der Waals surface area contributed by atoms with Crippen LogP contribution in [0.15, 0.2) is 47.6 Å². The van der Waals surface area contributed by atoms with E-state index in [4.69, 9.17) is 10.2 Å². The molecule has 20 heavy (non-hydrogen) atoms. The minimum absolute atomic E-state index is 0.195. The Bertz CT molecular complexity index is 651. The van der Waals surface area contributed by atoms with Crippen molar-refractivity contribution in [2.75, 3.05) is 5.43 Å². The van der Waals surface area contributed by atoms with E-state index in [0.29, 0.717) is 11.3 Å². The molecule has 4 N–H and O–H groups in total. The molecular formula is C14H12N2O4. The quantitative estimate of drug-likeness (QED) is 0.388. The largest absolute Gasteiger partial charge is 0.504 e. The van der Waals surface area contributed by atoms with Gasteiger partial charge in [0, 0.05) is 0 Å². The maximum Gasteiger partial charge on any atom is 0.335 e. The molecule has 0 saturated heterocycles. The number of carboxylic acid groups (broad SMARTS) is 1. The summed E-state index contributed by atoms with van der Waals surface area (Å²) in [6, 6.07) is 10.4. The molecule has 0 bridgehead atoms. The number of hydrogen-bond acceptors (Lipinski definition) is 5. The molecule has 0 aliphatic carbocycles. The predicted octanol–water partition coefficient (Wildman–Crippen LogP) is 2.24. The number of nitrogens with zero attached hydrogens (tertiary/aromatic N) is 1. The van der Waals surface area contributed by atoms with E-state index in [1.165, 1.54) is 30.5 Å². The van der Waals surface area contributed by atoms with Crippen LogP contribution in [0.25, 0.3) is 0 Å². The van der Waals surface area contributed by atoms with Crippen LogP contribution in [0.4, 0.5) is 5.69 Å².